The Morgan fingerprint density at radius 1 is 1.23 bits per heavy atom. The van der Waals surface area contributed by atoms with Crippen molar-refractivity contribution < 1.29 is 9.53 Å². The third kappa shape index (κ3) is 3.73. The number of hydrogen-bond donors (Lipinski definition) is 1. The molecule has 1 saturated heterocycles. The lowest BCUT2D eigenvalue weighted by Crippen LogP contribution is -2.39. The average Bonchev–Trinajstić information content (AvgIpc) is 3.42. The van der Waals surface area contributed by atoms with Crippen LogP contribution in [0.5, 0.6) is 5.75 Å². The van der Waals surface area contributed by atoms with Gasteiger partial charge in [0.2, 0.25) is 5.91 Å². The number of nitrogens with zero attached hydrogens (tertiary/aromatic N) is 2. The summed E-state index contributed by atoms with van der Waals surface area (Å²) in [5.41, 5.74) is 3.14. The Morgan fingerprint density at radius 3 is 2.77 bits per heavy atom. The highest BCUT2D eigenvalue weighted by Crippen LogP contribution is 2.40. The van der Waals surface area contributed by atoms with Crippen LogP contribution >= 0.6 is 0 Å². The first kappa shape index (κ1) is 17.0. The van der Waals surface area contributed by atoms with Crippen LogP contribution in [-0.2, 0) is 11.3 Å². The minimum Gasteiger partial charge on any atom is -0.495 e. The van der Waals surface area contributed by atoms with Crippen LogP contribution in [0, 0.1) is 0 Å². The zero-order valence-electron chi connectivity index (χ0n) is 15.1. The van der Waals surface area contributed by atoms with E-state index < -0.39 is 0 Å². The summed E-state index contributed by atoms with van der Waals surface area (Å²) in [7, 11) is 1.65. The molecule has 0 radical (unpaired) electrons. The molecule has 1 aromatic heterocycles. The van der Waals surface area contributed by atoms with Crippen molar-refractivity contribution in [3.8, 4) is 5.75 Å². The molecule has 1 aliphatic heterocycles. The topological polar surface area (TPSA) is 54.5 Å². The van der Waals surface area contributed by atoms with Gasteiger partial charge >= 0.3 is 0 Å². The summed E-state index contributed by atoms with van der Waals surface area (Å²) in [5.74, 6) is 1.57. The SMILES string of the molecule is COc1cccnc1CN1CCC[C@@H]1C(=O)Nc1ccc(C2CC2)cc1. The Kier molecular flexibility index (Phi) is 4.89. The van der Waals surface area contributed by atoms with E-state index in [1.807, 2.05) is 24.3 Å². The second-order valence-corrected chi connectivity index (χ2v) is 7.17. The Morgan fingerprint density at radius 2 is 2.04 bits per heavy atom. The fraction of sp³-hybridized carbons (Fsp3) is 0.429. The molecule has 2 aromatic rings. The number of likely N-dealkylation sites (tertiary alicyclic amines) is 1. The Labute approximate surface area is 154 Å². The van der Waals surface area contributed by atoms with Crippen molar-refractivity contribution in [2.45, 2.75) is 44.2 Å². The van der Waals surface area contributed by atoms with E-state index in [2.05, 4.69) is 27.3 Å². The summed E-state index contributed by atoms with van der Waals surface area (Å²) in [6.07, 6.45) is 6.25. The van der Waals surface area contributed by atoms with Crippen molar-refractivity contribution in [1.29, 1.82) is 0 Å². The van der Waals surface area contributed by atoms with Crippen LogP contribution < -0.4 is 10.1 Å². The lowest BCUT2D eigenvalue weighted by Gasteiger charge is -2.24. The van der Waals surface area contributed by atoms with Gasteiger partial charge in [0, 0.05) is 18.4 Å². The van der Waals surface area contributed by atoms with Gasteiger partial charge in [-0.3, -0.25) is 14.7 Å². The molecule has 1 saturated carbocycles. The zero-order valence-corrected chi connectivity index (χ0v) is 15.1. The van der Waals surface area contributed by atoms with E-state index in [9.17, 15) is 4.79 Å². The number of aromatic nitrogens is 1. The molecule has 1 aliphatic carbocycles. The predicted molar refractivity (Wildman–Crippen MR) is 101 cm³/mol. The van der Waals surface area contributed by atoms with Gasteiger partial charge in [-0.05, 0) is 68.0 Å². The average molecular weight is 351 g/mol. The summed E-state index contributed by atoms with van der Waals surface area (Å²) in [6, 6.07) is 12.0. The summed E-state index contributed by atoms with van der Waals surface area (Å²) >= 11 is 0. The number of benzene rings is 1. The van der Waals surface area contributed by atoms with Crippen molar-refractivity contribution in [3.63, 3.8) is 0 Å². The Hall–Kier alpha value is -2.40. The molecule has 2 aliphatic rings. The van der Waals surface area contributed by atoms with Crippen LogP contribution in [-0.4, -0.2) is 35.5 Å². The minimum atomic E-state index is -0.121. The van der Waals surface area contributed by atoms with Gasteiger partial charge in [-0.1, -0.05) is 12.1 Å². The van der Waals surface area contributed by atoms with Crippen molar-refractivity contribution in [2.24, 2.45) is 0 Å². The molecule has 5 heteroatoms. The molecule has 2 fully saturated rings. The fourth-order valence-corrected chi connectivity index (χ4v) is 3.71. The largest absolute Gasteiger partial charge is 0.495 e. The molecule has 0 spiro atoms. The van der Waals surface area contributed by atoms with E-state index in [4.69, 9.17) is 4.74 Å². The Balaban J connectivity index is 1.41. The Bertz CT molecular complexity index is 771. The molecule has 2 heterocycles. The van der Waals surface area contributed by atoms with E-state index in [1.54, 1.807) is 13.3 Å². The highest BCUT2D eigenvalue weighted by molar-refractivity contribution is 5.95. The standard InChI is InChI=1S/C21H25N3O2/c1-26-20-5-2-12-22-18(20)14-24-13-3-4-19(24)21(25)23-17-10-8-16(9-11-17)15-6-7-15/h2,5,8-12,15,19H,3-4,6-7,13-14H2,1H3,(H,23,25)/t19-/m1/s1. The number of carbonyl (C=O) groups excluding carboxylic acids is 1. The maximum atomic E-state index is 12.8. The third-order valence-corrected chi connectivity index (χ3v) is 5.31. The van der Waals surface area contributed by atoms with Gasteiger partial charge in [0.1, 0.15) is 5.75 Å². The zero-order chi connectivity index (χ0) is 17.9. The molecule has 1 N–H and O–H groups in total. The molecule has 5 nitrogen and oxygen atoms in total. The number of nitrogens with one attached hydrogen (secondary N) is 1. The molecular formula is C21H25N3O2. The first-order valence-corrected chi connectivity index (χ1v) is 9.37. The van der Waals surface area contributed by atoms with E-state index in [0.29, 0.717) is 6.54 Å². The fourth-order valence-electron chi connectivity index (χ4n) is 3.71. The number of hydrogen-bond acceptors (Lipinski definition) is 4. The number of methoxy groups -OCH3 is 1. The lowest BCUT2D eigenvalue weighted by atomic mass is 10.1. The van der Waals surface area contributed by atoms with E-state index in [1.165, 1.54) is 18.4 Å². The molecule has 136 valence electrons. The number of ether oxygens (including phenoxy) is 1. The van der Waals surface area contributed by atoms with E-state index in [-0.39, 0.29) is 11.9 Å². The first-order chi connectivity index (χ1) is 12.7. The van der Waals surface area contributed by atoms with Crippen LogP contribution in [0.4, 0.5) is 5.69 Å². The molecule has 26 heavy (non-hydrogen) atoms. The van der Waals surface area contributed by atoms with Crippen LogP contribution in [0.15, 0.2) is 42.6 Å². The van der Waals surface area contributed by atoms with Crippen LogP contribution in [0.2, 0.25) is 0 Å². The second-order valence-electron chi connectivity index (χ2n) is 7.17. The smallest absolute Gasteiger partial charge is 0.241 e. The van der Waals surface area contributed by atoms with Crippen molar-refractivity contribution in [1.82, 2.24) is 9.88 Å². The normalized spacial score (nSPS) is 20.1. The number of rotatable bonds is 6. The number of carbonyl (C=O) groups is 1. The molecular weight excluding hydrogens is 326 g/mol. The highest BCUT2D eigenvalue weighted by Gasteiger charge is 2.31. The molecule has 0 unspecified atom stereocenters. The molecule has 1 aromatic carbocycles. The number of anilines is 1. The van der Waals surface area contributed by atoms with Gasteiger partial charge in [0.25, 0.3) is 0 Å². The molecule has 1 amide bonds. The summed E-state index contributed by atoms with van der Waals surface area (Å²) in [4.78, 5) is 19.4. The van der Waals surface area contributed by atoms with Crippen molar-refractivity contribution in [2.75, 3.05) is 19.0 Å². The molecule has 4 rings (SSSR count). The predicted octanol–water partition coefficient (Wildman–Crippen LogP) is 3.57. The molecule has 1 atom stereocenters. The van der Waals surface area contributed by atoms with Gasteiger partial charge in [-0.2, -0.15) is 0 Å². The van der Waals surface area contributed by atoms with Gasteiger partial charge in [-0.25, -0.2) is 0 Å². The van der Waals surface area contributed by atoms with Gasteiger partial charge in [0.05, 0.1) is 18.8 Å². The van der Waals surface area contributed by atoms with Gasteiger partial charge in [-0.15, -0.1) is 0 Å². The number of pyridine rings is 1. The third-order valence-electron chi connectivity index (χ3n) is 5.31. The summed E-state index contributed by atoms with van der Waals surface area (Å²) in [5, 5.41) is 3.08. The first-order valence-electron chi connectivity index (χ1n) is 9.37. The number of amides is 1. The maximum absolute atomic E-state index is 12.8. The van der Waals surface area contributed by atoms with E-state index >= 15 is 0 Å². The van der Waals surface area contributed by atoms with Crippen molar-refractivity contribution in [3.05, 3.63) is 53.9 Å². The van der Waals surface area contributed by atoms with Crippen LogP contribution in [0.25, 0.3) is 0 Å². The summed E-state index contributed by atoms with van der Waals surface area (Å²) in [6.45, 7) is 1.53. The lowest BCUT2D eigenvalue weighted by molar-refractivity contribution is -0.120. The quantitative estimate of drug-likeness (QED) is 0.864. The summed E-state index contributed by atoms with van der Waals surface area (Å²) < 4.78 is 5.39. The second kappa shape index (κ2) is 7.46. The van der Waals surface area contributed by atoms with Crippen LogP contribution in [0.1, 0.15) is 42.9 Å². The van der Waals surface area contributed by atoms with Crippen molar-refractivity contribution >= 4 is 11.6 Å². The minimum absolute atomic E-state index is 0.0663. The van der Waals surface area contributed by atoms with Gasteiger partial charge in [0.15, 0.2) is 0 Å². The van der Waals surface area contributed by atoms with Crippen LogP contribution in [0.3, 0.4) is 0 Å². The van der Waals surface area contributed by atoms with E-state index in [0.717, 1.165) is 42.4 Å². The molecule has 0 bridgehead atoms. The maximum Gasteiger partial charge on any atom is 0.241 e. The highest BCUT2D eigenvalue weighted by atomic mass is 16.5. The monoisotopic (exact) mass is 351 g/mol. The van der Waals surface area contributed by atoms with Gasteiger partial charge < -0.3 is 10.1 Å².